The van der Waals surface area contributed by atoms with Crippen LogP contribution in [-0.4, -0.2) is 17.5 Å². The number of halogens is 1. The largest absolute Gasteiger partial charge is 0.359 e. The zero-order chi connectivity index (χ0) is 11.5. The number of fused-ring (bicyclic) bond motifs is 1. The van der Waals surface area contributed by atoms with Crippen LogP contribution >= 0.6 is 11.6 Å². The monoisotopic (exact) mass is 236 g/mol. The fourth-order valence-electron chi connectivity index (χ4n) is 1.73. The van der Waals surface area contributed by atoms with Crippen LogP contribution in [0.4, 0.5) is 0 Å². The van der Waals surface area contributed by atoms with Gasteiger partial charge in [0.2, 0.25) is 5.91 Å². The third kappa shape index (κ3) is 2.04. The molecule has 0 saturated carbocycles. The number of benzene rings is 1. The molecule has 0 saturated heterocycles. The maximum absolute atomic E-state index is 11.2. The minimum Gasteiger partial charge on any atom is -0.359 e. The average Bonchev–Trinajstić information content (AvgIpc) is 2.70. The normalized spacial score (nSPS) is 10.6. The van der Waals surface area contributed by atoms with E-state index in [9.17, 15) is 4.79 Å². The standard InChI is InChI=1S/C12H13ClN2O/c1-14-12(16)6-8-15-7-5-9-10(13)3-2-4-11(9)15/h2-5,7H,6,8H2,1H3,(H,14,16). The Hall–Kier alpha value is -1.48. The number of nitrogens with zero attached hydrogens (tertiary/aromatic N) is 1. The molecule has 1 heterocycles. The maximum Gasteiger partial charge on any atom is 0.221 e. The van der Waals surface area contributed by atoms with Gasteiger partial charge >= 0.3 is 0 Å². The number of hydrogen-bond acceptors (Lipinski definition) is 1. The Kier molecular flexibility index (Phi) is 3.15. The highest BCUT2D eigenvalue weighted by Gasteiger charge is 2.05. The second kappa shape index (κ2) is 4.58. The van der Waals surface area contributed by atoms with Gasteiger partial charge in [-0.2, -0.15) is 0 Å². The number of rotatable bonds is 3. The van der Waals surface area contributed by atoms with Crippen molar-refractivity contribution in [3.8, 4) is 0 Å². The van der Waals surface area contributed by atoms with E-state index in [0.29, 0.717) is 13.0 Å². The Labute approximate surface area is 99.0 Å². The molecule has 0 spiro atoms. The SMILES string of the molecule is CNC(=O)CCn1ccc2c(Cl)cccc21. The highest BCUT2D eigenvalue weighted by atomic mass is 35.5. The summed E-state index contributed by atoms with van der Waals surface area (Å²) in [7, 11) is 1.65. The van der Waals surface area contributed by atoms with Crippen molar-refractivity contribution in [1.29, 1.82) is 0 Å². The van der Waals surface area contributed by atoms with Crippen molar-refractivity contribution >= 4 is 28.4 Å². The smallest absolute Gasteiger partial charge is 0.221 e. The molecule has 3 nitrogen and oxygen atoms in total. The van der Waals surface area contributed by atoms with Crippen molar-refractivity contribution in [3.05, 3.63) is 35.5 Å². The Bertz CT molecular complexity index is 519. The minimum atomic E-state index is 0.0453. The Morgan fingerprint density at radius 3 is 3.00 bits per heavy atom. The molecule has 0 aliphatic rings. The summed E-state index contributed by atoms with van der Waals surface area (Å²) in [5.41, 5.74) is 1.07. The lowest BCUT2D eigenvalue weighted by molar-refractivity contribution is -0.120. The third-order valence-corrected chi connectivity index (χ3v) is 2.95. The predicted octanol–water partition coefficient (Wildman–Crippen LogP) is 2.43. The lowest BCUT2D eigenvalue weighted by Crippen LogP contribution is -2.19. The summed E-state index contributed by atoms with van der Waals surface area (Å²) in [5, 5.41) is 4.38. The number of aryl methyl sites for hydroxylation is 1. The van der Waals surface area contributed by atoms with Crippen LogP contribution in [0.1, 0.15) is 6.42 Å². The first-order chi connectivity index (χ1) is 7.72. The molecule has 1 aromatic heterocycles. The number of nitrogens with one attached hydrogen (secondary N) is 1. The van der Waals surface area contributed by atoms with Crippen molar-refractivity contribution < 1.29 is 4.79 Å². The number of hydrogen-bond donors (Lipinski definition) is 1. The summed E-state index contributed by atoms with van der Waals surface area (Å²) in [6, 6.07) is 7.76. The lowest BCUT2D eigenvalue weighted by Gasteiger charge is -2.04. The van der Waals surface area contributed by atoms with Gasteiger partial charge < -0.3 is 9.88 Å². The van der Waals surface area contributed by atoms with Gasteiger partial charge in [-0.1, -0.05) is 17.7 Å². The molecule has 1 N–H and O–H groups in total. The molecule has 0 unspecified atom stereocenters. The van der Waals surface area contributed by atoms with Crippen molar-refractivity contribution in [1.82, 2.24) is 9.88 Å². The van der Waals surface area contributed by atoms with Crippen LogP contribution in [0.3, 0.4) is 0 Å². The molecule has 1 amide bonds. The van der Waals surface area contributed by atoms with E-state index < -0.39 is 0 Å². The van der Waals surface area contributed by atoms with Gasteiger partial charge in [0.15, 0.2) is 0 Å². The first-order valence-electron chi connectivity index (χ1n) is 5.16. The van der Waals surface area contributed by atoms with Gasteiger partial charge in [0.25, 0.3) is 0 Å². The predicted molar refractivity (Wildman–Crippen MR) is 65.6 cm³/mol. The highest BCUT2D eigenvalue weighted by Crippen LogP contribution is 2.24. The molecule has 2 aromatic rings. The highest BCUT2D eigenvalue weighted by molar-refractivity contribution is 6.35. The molecule has 0 fully saturated rings. The van der Waals surface area contributed by atoms with E-state index in [4.69, 9.17) is 11.6 Å². The van der Waals surface area contributed by atoms with Gasteiger partial charge in [-0.3, -0.25) is 4.79 Å². The zero-order valence-corrected chi connectivity index (χ0v) is 9.79. The van der Waals surface area contributed by atoms with Gasteiger partial charge in [-0.25, -0.2) is 0 Å². The lowest BCUT2D eigenvalue weighted by atomic mass is 10.2. The fraction of sp³-hybridized carbons (Fsp3) is 0.250. The second-order valence-corrected chi connectivity index (χ2v) is 4.01. The van der Waals surface area contributed by atoms with Crippen molar-refractivity contribution in [3.63, 3.8) is 0 Å². The van der Waals surface area contributed by atoms with Crippen LogP contribution < -0.4 is 5.32 Å². The molecule has 16 heavy (non-hydrogen) atoms. The van der Waals surface area contributed by atoms with E-state index in [2.05, 4.69) is 5.32 Å². The summed E-state index contributed by atoms with van der Waals surface area (Å²) in [6.45, 7) is 0.670. The summed E-state index contributed by atoms with van der Waals surface area (Å²) in [6.07, 6.45) is 2.44. The molecule has 1 aromatic carbocycles. The summed E-state index contributed by atoms with van der Waals surface area (Å²) in [4.78, 5) is 11.2. The topological polar surface area (TPSA) is 34.0 Å². The van der Waals surface area contributed by atoms with Crippen LogP contribution in [-0.2, 0) is 11.3 Å². The number of amides is 1. The summed E-state index contributed by atoms with van der Waals surface area (Å²) < 4.78 is 2.04. The van der Waals surface area contributed by atoms with Crippen LogP contribution in [0.2, 0.25) is 5.02 Å². The van der Waals surface area contributed by atoms with E-state index >= 15 is 0 Å². The molecular weight excluding hydrogens is 224 g/mol. The summed E-state index contributed by atoms with van der Waals surface area (Å²) >= 11 is 6.07. The van der Waals surface area contributed by atoms with Crippen LogP contribution in [0.25, 0.3) is 10.9 Å². The third-order valence-electron chi connectivity index (χ3n) is 2.62. The van der Waals surface area contributed by atoms with Gasteiger partial charge in [0, 0.05) is 42.1 Å². The van der Waals surface area contributed by atoms with E-state index in [0.717, 1.165) is 15.9 Å². The Balaban J connectivity index is 2.25. The van der Waals surface area contributed by atoms with Gasteiger partial charge in [0.1, 0.15) is 0 Å². The molecule has 0 aliphatic carbocycles. The van der Waals surface area contributed by atoms with E-state index in [1.165, 1.54) is 0 Å². The van der Waals surface area contributed by atoms with Gasteiger partial charge in [-0.15, -0.1) is 0 Å². The first kappa shape index (κ1) is 11.0. The number of aromatic nitrogens is 1. The molecule has 4 heteroatoms. The number of carbonyl (C=O) groups excluding carboxylic acids is 1. The van der Waals surface area contributed by atoms with Crippen molar-refractivity contribution in [2.24, 2.45) is 0 Å². The average molecular weight is 237 g/mol. The molecule has 0 bridgehead atoms. The van der Waals surface area contributed by atoms with Crippen molar-refractivity contribution in [2.45, 2.75) is 13.0 Å². The van der Waals surface area contributed by atoms with E-state index in [-0.39, 0.29) is 5.91 Å². The molecule has 84 valence electrons. The fourth-order valence-corrected chi connectivity index (χ4v) is 1.96. The van der Waals surface area contributed by atoms with E-state index in [1.807, 2.05) is 35.0 Å². The quantitative estimate of drug-likeness (QED) is 0.873. The molecule has 2 rings (SSSR count). The minimum absolute atomic E-state index is 0.0453. The van der Waals surface area contributed by atoms with Crippen LogP contribution in [0.15, 0.2) is 30.5 Å². The van der Waals surface area contributed by atoms with Crippen LogP contribution in [0, 0.1) is 0 Å². The zero-order valence-electron chi connectivity index (χ0n) is 9.03. The van der Waals surface area contributed by atoms with E-state index in [1.54, 1.807) is 7.05 Å². The Morgan fingerprint density at radius 1 is 1.44 bits per heavy atom. The summed E-state index contributed by atoms with van der Waals surface area (Å²) in [5.74, 6) is 0.0453. The first-order valence-corrected chi connectivity index (χ1v) is 5.54. The molecule has 0 aliphatic heterocycles. The van der Waals surface area contributed by atoms with Crippen molar-refractivity contribution in [2.75, 3.05) is 7.05 Å². The molecular formula is C12H13ClN2O. The second-order valence-electron chi connectivity index (χ2n) is 3.60. The van der Waals surface area contributed by atoms with Crippen LogP contribution in [0.5, 0.6) is 0 Å². The van der Waals surface area contributed by atoms with Gasteiger partial charge in [-0.05, 0) is 18.2 Å². The molecule has 0 radical (unpaired) electrons. The maximum atomic E-state index is 11.2. The molecule has 0 atom stereocenters. The number of carbonyl (C=O) groups is 1. The van der Waals surface area contributed by atoms with Gasteiger partial charge in [0.05, 0.1) is 0 Å². The Morgan fingerprint density at radius 2 is 2.25 bits per heavy atom.